The number of benzene rings is 1. The summed E-state index contributed by atoms with van der Waals surface area (Å²) in [7, 11) is 1.58. The highest BCUT2D eigenvalue weighted by atomic mass is 16.2. The Hall–Kier alpha value is -2.24. The lowest BCUT2D eigenvalue weighted by molar-refractivity contribution is -0.128. The third-order valence-corrected chi connectivity index (χ3v) is 2.91. The summed E-state index contributed by atoms with van der Waals surface area (Å²) in [6, 6.07) is 4.92. The molecule has 1 aromatic carbocycles. The first-order valence-electron chi connectivity index (χ1n) is 5.94. The van der Waals surface area contributed by atoms with Gasteiger partial charge in [0, 0.05) is 13.6 Å². The van der Waals surface area contributed by atoms with Crippen LogP contribution in [0.2, 0.25) is 0 Å². The predicted molar refractivity (Wildman–Crippen MR) is 75.7 cm³/mol. The van der Waals surface area contributed by atoms with Crippen LogP contribution in [-0.4, -0.2) is 25.4 Å². The molecule has 0 bridgehead atoms. The van der Waals surface area contributed by atoms with Crippen LogP contribution in [0.5, 0.6) is 0 Å². The average molecular weight is 264 g/mol. The summed E-state index contributed by atoms with van der Waals surface area (Å²) in [6.45, 7) is 3.92. The van der Waals surface area contributed by atoms with Gasteiger partial charge in [0.05, 0.1) is 22.4 Å². The van der Waals surface area contributed by atoms with Crippen LogP contribution in [-0.2, 0) is 4.79 Å². The third kappa shape index (κ3) is 3.37. The van der Waals surface area contributed by atoms with E-state index in [9.17, 15) is 9.59 Å². The largest absolute Gasteiger partial charge is 0.397 e. The SMILES string of the molecule is CNC(=O)C(C)(C)CNc1c(N)cccc1C(N)=O. The molecule has 6 nitrogen and oxygen atoms in total. The summed E-state index contributed by atoms with van der Waals surface area (Å²) >= 11 is 0. The first-order valence-corrected chi connectivity index (χ1v) is 5.94. The number of hydrogen-bond acceptors (Lipinski definition) is 4. The molecule has 6 heteroatoms. The van der Waals surface area contributed by atoms with Gasteiger partial charge < -0.3 is 22.1 Å². The predicted octanol–water partition coefficient (Wildman–Crippen LogP) is 0.552. The maximum Gasteiger partial charge on any atom is 0.250 e. The van der Waals surface area contributed by atoms with E-state index in [1.807, 2.05) is 0 Å². The minimum Gasteiger partial charge on any atom is -0.397 e. The smallest absolute Gasteiger partial charge is 0.250 e. The Labute approximate surface area is 112 Å². The molecule has 19 heavy (non-hydrogen) atoms. The fourth-order valence-corrected chi connectivity index (χ4v) is 1.70. The quantitative estimate of drug-likeness (QED) is 0.582. The fourth-order valence-electron chi connectivity index (χ4n) is 1.70. The van der Waals surface area contributed by atoms with Gasteiger partial charge in [0.25, 0.3) is 5.91 Å². The number of amides is 2. The summed E-state index contributed by atoms with van der Waals surface area (Å²) in [4.78, 5) is 23.0. The second-order valence-electron chi connectivity index (χ2n) is 4.95. The standard InChI is InChI=1S/C13H20N4O2/c1-13(2,12(19)16-3)7-17-10-8(11(15)18)5-4-6-9(10)14/h4-6,17H,7,14H2,1-3H3,(H2,15,18)(H,16,19). The van der Waals surface area contributed by atoms with Crippen molar-refractivity contribution in [3.8, 4) is 0 Å². The van der Waals surface area contributed by atoms with E-state index in [1.165, 1.54) is 0 Å². The van der Waals surface area contributed by atoms with Gasteiger partial charge >= 0.3 is 0 Å². The monoisotopic (exact) mass is 264 g/mol. The number of primary amides is 1. The van der Waals surface area contributed by atoms with Gasteiger partial charge in [-0.05, 0) is 26.0 Å². The van der Waals surface area contributed by atoms with Gasteiger partial charge in [-0.15, -0.1) is 0 Å². The number of carbonyl (C=O) groups is 2. The van der Waals surface area contributed by atoms with Gasteiger partial charge in [-0.3, -0.25) is 9.59 Å². The number of nitrogens with two attached hydrogens (primary N) is 2. The highest BCUT2D eigenvalue weighted by Gasteiger charge is 2.27. The van der Waals surface area contributed by atoms with Gasteiger partial charge in [0.2, 0.25) is 5.91 Å². The van der Waals surface area contributed by atoms with Gasteiger partial charge in [-0.25, -0.2) is 0 Å². The van der Waals surface area contributed by atoms with Crippen LogP contribution in [0.3, 0.4) is 0 Å². The molecule has 0 aliphatic rings. The molecule has 0 atom stereocenters. The highest BCUT2D eigenvalue weighted by Crippen LogP contribution is 2.25. The summed E-state index contributed by atoms with van der Waals surface area (Å²) in [5.74, 6) is -0.664. The molecule has 1 aromatic rings. The lowest BCUT2D eigenvalue weighted by Crippen LogP contribution is -2.39. The molecule has 0 aromatic heterocycles. The van der Waals surface area contributed by atoms with Crippen LogP contribution in [0.1, 0.15) is 24.2 Å². The zero-order chi connectivity index (χ0) is 14.6. The van der Waals surface area contributed by atoms with Crippen LogP contribution < -0.4 is 22.1 Å². The first kappa shape index (κ1) is 14.8. The van der Waals surface area contributed by atoms with Gasteiger partial charge in [-0.1, -0.05) is 6.07 Å². The van der Waals surface area contributed by atoms with Crippen LogP contribution >= 0.6 is 0 Å². The van der Waals surface area contributed by atoms with Gasteiger partial charge in [0.1, 0.15) is 0 Å². The molecule has 104 valence electrons. The van der Waals surface area contributed by atoms with Crippen molar-refractivity contribution in [1.82, 2.24) is 5.32 Å². The summed E-state index contributed by atoms with van der Waals surface area (Å²) in [5, 5.41) is 5.62. The number of rotatable bonds is 5. The average Bonchev–Trinajstić information content (AvgIpc) is 2.35. The van der Waals surface area contributed by atoms with Crippen molar-refractivity contribution in [3.63, 3.8) is 0 Å². The van der Waals surface area contributed by atoms with Crippen molar-refractivity contribution in [3.05, 3.63) is 23.8 Å². The molecule has 0 radical (unpaired) electrons. The molecule has 2 amide bonds. The topological polar surface area (TPSA) is 110 Å². The zero-order valence-electron chi connectivity index (χ0n) is 11.4. The zero-order valence-corrected chi connectivity index (χ0v) is 11.4. The normalized spacial score (nSPS) is 10.9. The maximum absolute atomic E-state index is 11.7. The van der Waals surface area contributed by atoms with Crippen molar-refractivity contribution in [2.24, 2.45) is 11.1 Å². The Bertz CT molecular complexity index is 497. The van der Waals surface area contributed by atoms with Gasteiger partial charge in [0.15, 0.2) is 0 Å². The number of nitrogens with one attached hydrogen (secondary N) is 2. The lowest BCUT2D eigenvalue weighted by Gasteiger charge is -2.24. The number of para-hydroxylation sites is 1. The van der Waals surface area contributed by atoms with Crippen LogP contribution in [0.4, 0.5) is 11.4 Å². The summed E-state index contributed by atoms with van der Waals surface area (Å²) in [5.41, 5.74) is 11.7. The van der Waals surface area contributed by atoms with Crippen molar-refractivity contribution >= 4 is 23.2 Å². The minimum atomic E-state index is -0.633. The fraction of sp³-hybridized carbons (Fsp3) is 0.385. The molecule has 0 aliphatic heterocycles. The Balaban J connectivity index is 2.95. The van der Waals surface area contributed by atoms with Crippen molar-refractivity contribution < 1.29 is 9.59 Å². The molecule has 0 fully saturated rings. The molecule has 0 saturated carbocycles. The van der Waals surface area contributed by atoms with E-state index in [2.05, 4.69) is 10.6 Å². The second-order valence-corrected chi connectivity index (χ2v) is 4.95. The van der Waals surface area contributed by atoms with E-state index >= 15 is 0 Å². The molecule has 0 saturated heterocycles. The number of hydrogen-bond donors (Lipinski definition) is 4. The molecule has 0 heterocycles. The second kappa shape index (κ2) is 5.60. The molecule has 1 rings (SSSR count). The van der Waals surface area contributed by atoms with E-state index in [1.54, 1.807) is 39.1 Å². The van der Waals surface area contributed by atoms with E-state index in [0.29, 0.717) is 23.5 Å². The van der Waals surface area contributed by atoms with Crippen LogP contribution in [0.15, 0.2) is 18.2 Å². The molecule has 0 aliphatic carbocycles. The number of anilines is 2. The van der Waals surface area contributed by atoms with E-state index in [-0.39, 0.29) is 5.91 Å². The molecule has 6 N–H and O–H groups in total. The summed E-state index contributed by atoms with van der Waals surface area (Å²) < 4.78 is 0. The summed E-state index contributed by atoms with van der Waals surface area (Å²) in [6.07, 6.45) is 0. The molecule has 0 spiro atoms. The van der Waals surface area contributed by atoms with E-state index in [4.69, 9.17) is 11.5 Å². The van der Waals surface area contributed by atoms with Crippen LogP contribution in [0.25, 0.3) is 0 Å². The minimum absolute atomic E-state index is 0.102. The molecular weight excluding hydrogens is 244 g/mol. The third-order valence-electron chi connectivity index (χ3n) is 2.91. The highest BCUT2D eigenvalue weighted by molar-refractivity contribution is 6.01. The molecular formula is C13H20N4O2. The van der Waals surface area contributed by atoms with E-state index in [0.717, 1.165) is 0 Å². The van der Waals surface area contributed by atoms with Gasteiger partial charge in [-0.2, -0.15) is 0 Å². The van der Waals surface area contributed by atoms with E-state index < -0.39 is 11.3 Å². The Morgan fingerprint density at radius 3 is 2.47 bits per heavy atom. The first-order chi connectivity index (χ1) is 8.79. The number of nitrogen functional groups attached to an aromatic ring is 1. The molecule has 0 unspecified atom stereocenters. The van der Waals surface area contributed by atoms with Crippen LogP contribution in [0, 0.1) is 5.41 Å². The Morgan fingerprint density at radius 2 is 1.95 bits per heavy atom. The van der Waals surface area contributed by atoms with Crippen molar-refractivity contribution in [1.29, 1.82) is 0 Å². The Kier molecular flexibility index (Phi) is 4.37. The van der Waals surface area contributed by atoms with Crippen molar-refractivity contribution in [2.45, 2.75) is 13.8 Å². The lowest BCUT2D eigenvalue weighted by atomic mass is 9.92. The maximum atomic E-state index is 11.7. The number of carbonyl (C=O) groups excluding carboxylic acids is 2. The Morgan fingerprint density at radius 1 is 1.32 bits per heavy atom. The van der Waals surface area contributed by atoms with Crippen molar-refractivity contribution in [2.75, 3.05) is 24.6 Å².